The lowest BCUT2D eigenvalue weighted by Crippen LogP contribution is -2.41. The number of carbonyl (C=O) groups is 1. The molecular formula is C18H25NO3. The van der Waals surface area contributed by atoms with Gasteiger partial charge in [-0.1, -0.05) is 25.3 Å². The summed E-state index contributed by atoms with van der Waals surface area (Å²) in [6.45, 7) is 2.63. The van der Waals surface area contributed by atoms with Gasteiger partial charge in [-0.15, -0.1) is 0 Å². The van der Waals surface area contributed by atoms with Crippen LogP contribution in [-0.2, 0) is 4.74 Å². The Balaban J connectivity index is 1.93. The van der Waals surface area contributed by atoms with Crippen LogP contribution in [0.4, 0.5) is 0 Å². The second-order valence-electron chi connectivity index (χ2n) is 6.16. The van der Waals surface area contributed by atoms with Crippen molar-refractivity contribution >= 4 is 5.91 Å². The lowest BCUT2D eigenvalue weighted by Gasteiger charge is -2.30. The molecule has 2 aliphatic rings. The minimum atomic E-state index is 0.128. The van der Waals surface area contributed by atoms with Gasteiger partial charge in [0.25, 0.3) is 5.91 Å². The highest BCUT2D eigenvalue weighted by Crippen LogP contribution is 2.39. The predicted octanol–water partition coefficient (Wildman–Crippen LogP) is 3.22. The topological polar surface area (TPSA) is 38.8 Å². The number of hydrogen-bond donors (Lipinski definition) is 0. The van der Waals surface area contributed by atoms with Gasteiger partial charge in [-0.3, -0.25) is 4.79 Å². The molecule has 0 bridgehead atoms. The van der Waals surface area contributed by atoms with E-state index in [1.165, 1.54) is 19.3 Å². The average Bonchev–Trinajstić information content (AvgIpc) is 2.62. The van der Waals surface area contributed by atoms with Crippen LogP contribution >= 0.6 is 0 Å². The SMILES string of the molecule is COc1cccc(C(=O)N2CCOCC2)c1C1CCCCC1. The van der Waals surface area contributed by atoms with E-state index in [4.69, 9.17) is 9.47 Å². The number of morpholine rings is 1. The number of amides is 1. The number of benzene rings is 1. The van der Waals surface area contributed by atoms with Gasteiger partial charge in [-0.05, 0) is 30.9 Å². The third kappa shape index (κ3) is 3.12. The molecular weight excluding hydrogens is 278 g/mol. The second kappa shape index (κ2) is 7.14. The van der Waals surface area contributed by atoms with E-state index in [1.54, 1.807) is 7.11 Å². The Morgan fingerprint density at radius 3 is 2.59 bits per heavy atom. The van der Waals surface area contributed by atoms with Gasteiger partial charge in [-0.2, -0.15) is 0 Å². The number of rotatable bonds is 3. The van der Waals surface area contributed by atoms with Crippen molar-refractivity contribution in [2.24, 2.45) is 0 Å². The molecule has 22 heavy (non-hydrogen) atoms. The van der Waals surface area contributed by atoms with Crippen molar-refractivity contribution in [1.82, 2.24) is 4.90 Å². The average molecular weight is 303 g/mol. The van der Waals surface area contributed by atoms with Crippen LogP contribution in [-0.4, -0.2) is 44.2 Å². The first kappa shape index (κ1) is 15.3. The Bertz CT molecular complexity index is 517. The molecule has 1 saturated carbocycles. The second-order valence-corrected chi connectivity index (χ2v) is 6.16. The Labute approximate surface area is 132 Å². The monoisotopic (exact) mass is 303 g/mol. The molecule has 1 amide bonds. The van der Waals surface area contributed by atoms with Gasteiger partial charge in [0, 0.05) is 24.2 Å². The van der Waals surface area contributed by atoms with Gasteiger partial charge in [0.2, 0.25) is 0 Å². The molecule has 0 N–H and O–H groups in total. The van der Waals surface area contributed by atoms with Crippen molar-refractivity contribution in [1.29, 1.82) is 0 Å². The predicted molar refractivity (Wildman–Crippen MR) is 85.5 cm³/mol. The number of carbonyl (C=O) groups excluding carboxylic acids is 1. The van der Waals surface area contributed by atoms with Crippen LogP contribution in [0.15, 0.2) is 18.2 Å². The van der Waals surface area contributed by atoms with Crippen LogP contribution < -0.4 is 4.74 Å². The fraction of sp³-hybridized carbons (Fsp3) is 0.611. The lowest BCUT2D eigenvalue weighted by molar-refractivity contribution is 0.0301. The summed E-state index contributed by atoms with van der Waals surface area (Å²) >= 11 is 0. The molecule has 4 heteroatoms. The van der Waals surface area contributed by atoms with E-state index in [1.807, 2.05) is 23.1 Å². The van der Waals surface area contributed by atoms with Crippen molar-refractivity contribution in [2.75, 3.05) is 33.4 Å². The highest BCUT2D eigenvalue weighted by atomic mass is 16.5. The minimum absolute atomic E-state index is 0.128. The highest BCUT2D eigenvalue weighted by Gasteiger charge is 2.27. The fourth-order valence-electron chi connectivity index (χ4n) is 3.66. The molecule has 4 nitrogen and oxygen atoms in total. The normalized spacial score (nSPS) is 20.0. The van der Waals surface area contributed by atoms with Crippen LogP contribution in [0.5, 0.6) is 5.75 Å². The summed E-state index contributed by atoms with van der Waals surface area (Å²) < 4.78 is 10.9. The summed E-state index contributed by atoms with van der Waals surface area (Å²) in [5, 5.41) is 0. The van der Waals surface area contributed by atoms with Crippen molar-refractivity contribution in [3.8, 4) is 5.75 Å². The Morgan fingerprint density at radius 1 is 1.18 bits per heavy atom. The molecule has 0 radical (unpaired) electrons. The van der Waals surface area contributed by atoms with E-state index in [-0.39, 0.29) is 5.91 Å². The van der Waals surface area contributed by atoms with Gasteiger partial charge in [0.1, 0.15) is 5.75 Å². The molecule has 1 aliphatic carbocycles. The molecule has 3 rings (SSSR count). The number of ether oxygens (including phenoxy) is 2. The van der Waals surface area contributed by atoms with Gasteiger partial charge < -0.3 is 14.4 Å². The van der Waals surface area contributed by atoms with Crippen molar-refractivity contribution in [2.45, 2.75) is 38.0 Å². The standard InChI is InChI=1S/C18H25NO3/c1-21-16-9-5-8-15(17(16)14-6-3-2-4-7-14)18(20)19-10-12-22-13-11-19/h5,8-9,14H,2-4,6-7,10-13H2,1H3. The van der Waals surface area contributed by atoms with E-state index in [0.29, 0.717) is 32.2 Å². The molecule has 120 valence electrons. The van der Waals surface area contributed by atoms with E-state index in [2.05, 4.69) is 0 Å². The number of nitrogens with zero attached hydrogens (tertiary/aromatic N) is 1. The van der Waals surface area contributed by atoms with E-state index in [9.17, 15) is 4.79 Å². The van der Waals surface area contributed by atoms with Crippen molar-refractivity contribution in [3.63, 3.8) is 0 Å². The number of hydrogen-bond acceptors (Lipinski definition) is 3. The molecule has 1 aromatic rings. The summed E-state index contributed by atoms with van der Waals surface area (Å²) in [6.07, 6.45) is 6.10. The molecule has 0 spiro atoms. The quantitative estimate of drug-likeness (QED) is 0.860. The lowest BCUT2D eigenvalue weighted by atomic mass is 9.81. The minimum Gasteiger partial charge on any atom is -0.496 e. The summed E-state index contributed by atoms with van der Waals surface area (Å²) in [7, 11) is 1.70. The van der Waals surface area contributed by atoms with Crippen LogP contribution in [0.25, 0.3) is 0 Å². The molecule has 0 unspecified atom stereocenters. The van der Waals surface area contributed by atoms with E-state index >= 15 is 0 Å². The maximum absolute atomic E-state index is 12.9. The van der Waals surface area contributed by atoms with Crippen LogP contribution in [0.3, 0.4) is 0 Å². The Hall–Kier alpha value is -1.55. The first-order valence-corrected chi connectivity index (χ1v) is 8.35. The van der Waals surface area contributed by atoms with Gasteiger partial charge in [0.05, 0.1) is 20.3 Å². The molecule has 1 heterocycles. The summed E-state index contributed by atoms with van der Waals surface area (Å²) in [5.74, 6) is 1.44. The third-order valence-electron chi connectivity index (χ3n) is 4.83. The van der Waals surface area contributed by atoms with Gasteiger partial charge >= 0.3 is 0 Å². The summed E-state index contributed by atoms with van der Waals surface area (Å²) in [6, 6.07) is 5.88. The largest absolute Gasteiger partial charge is 0.496 e. The van der Waals surface area contributed by atoms with Gasteiger partial charge in [-0.25, -0.2) is 0 Å². The fourth-order valence-corrected chi connectivity index (χ4v) is 3.66. The molecule has 0 atom stereocenters. The highest BCUT2D eigenvalue weighted by molar-refractivity contribution is 5.96. The van der Waals surface area contributed by atoms with Crippen molar-refractivity contribution in [3.05, 3.63) is 29.3 Å². The zero-order valence-corrected chi connectivity index (χ0v) is 13.3. The smallest absolute Gasteiger partial charge is 0.254 e. The zero-order chi connectivity index (χ0) is 15.4. The first-order chi connectivity index (χ1) is 10.8. The number of methoxy groups -OCH3 is 1. The Kier molecular flexibility index (Phi) is 4.98. The molecule has 2 fully saturated rings. The summed E-state index contributed by atoms with van der Waals surface area (Å²) in [4.78, 5) is 14.9. The maximum atomic E-state index is 12.9. The molecule has 1 aliphatic heterocycles. The first-order valence-electron chi connectivity index (χ1n) is 8.35. The molecule has 0 aromatic heterocycles. The van der Waals surface area contributed by atoms with Crippen LogP contribution in [0, 0.1) is 0 Å². The molecule has 1 saturated heterocycles. The molecule has 1 aromatic carbocycles. The maximum Gasteiger partial charge on any atom is 0.254 e. The Morgan fingerprint density at radius 2 is 1.91 bits per heavy atom. The summed E-state index contributed by atoms with van der Waals surface area (Å²) in [5.41, 5.74) is 1.95. The van der Waals surface area contributed by atoms with Gasteiger partial charge in [0.15, 0.2) is 0 Å². The van der Waals surface area contributed by atoms with Crippen LogP contribution in [0.1, 0.15) is 53.9 Å². The van der Waals surface area contributed by atoms with E-state index in [0.717, 1.165) is 29.7 Å². The third-order valence-corrected chi connectivity index (χ3v) is 4.83. The van der Waals surface area contributed by atoms with Crippen molar-refractivity contribution < 1.29 is 14.3 Å². The van der Waals surface area contributed by atoms with E-state index < -0.39 is 0 Å². The van der Waals surface area contributed by atoms with Crippen LogP contribution in [0.2, 0.25) is 0 Å². The zero-order valence-electron chi connectivity index (χ0n) is 13.3.